The molecule has 0 saturated carbocycles. The van der Waals surface area contributed by atoms with Crippen LogP contribution >= 0.6 is 0 Å². The summed E-state index contributed by atoms with van der Waals surface area (Å²) in [5.41, 5.74) is -0.0695. The van der Waals surface area contributed by atoms with Gasteiger partial charge in [0.25, 0.3) is 0 Å². The van der Waals surface area contributed by atoms with E-state index in [0.717, 1.165) is 0 Å². The number of hydrogen-bond acceptors (Lipinski definition) is 20. The number of ether oxygens (including phenoxy) is 10. The number of hydrogen-bond donors (Lipinski definition) is 0. The van der Waals surface area contributed by atoms with Gasteiger partial charge in [0.2, 0.25) is 0 Å². The van der Waals surface area contributed by atoms with Gasteiger partial charge in [-0.3, -0.25) is 24.0 Å². The lowest BCUT2D eigenvalue weighted by atomic mass is 10.1. The summed E-state index contributed by atoms with van der Waals surface area (Å²) >= 11 is 0. The first-order chi connectivity index (χ1) is 29.1. The minimum Gasteiger partial charge on any atom is -0.469 e. The molecule has 0 heterocycles. The summed E-state index contributed by atoms with van der Waals surface area (Å²) in [6.45, 7) is 31.1. The van der Waals surface area contributed by atoms with Crippen molar-refractivity contribution in [2.75, 3.05) is 55.9 Å². The van der Waals surface area contributed by atoms with Crippen LogP contribution in [-0.2, 0) is 95.3 Å². The smallest absolute Gasteiger partial charge is 0.334 e. The van der Waals surface area contributed by atoms with E-state index in [-0.39, 0.29) is 79.3 Å². The van der Waals surface area contributed by atoms with E-state index in [1.165, 1.54) is 48.7 Å². The average Bonchev–Trinajstić information content (AvgIpc) is 3.21. The molecule has 0 rings (SSSR count). The number of methoxy groups -OCH3 is 6. The molecule has 0 atom stereocenters. The molecule has 63 heavy (non-hydrogen) atoms. The van der Waals surface area contributed by atoms with Crippen LogP contribution in [0.15, 0.2) is 73.4 Å². The minimum atomic E-state index is -0.606. The molecule has 0 N–H and O–H groups in total. The monoisotopic (exact) mass is 900 g/mol. The molecule has 0 aromatic heterocycles. The maximum Gasteiger partial charge on any atom is 0.334 e. The van der Waals surface area contributed by atoms with Gasteiger partial charge in [0.15, 0.2) is 0 Å². The van der Waals surface area contributed by atoms with Gasteiger partial charge < -0.3 is 47.4 Å². The zero-order valence-electron chi connectivity index (χ0n) is 38.5. The molecule has 0 aromatic rings. The Hall–Kier alpha value is -6.86. The highest BCUT2D eigenvalue weighted by atomic mass is 16.6. The third-order valence-corrected chi connectivity index (χ3v) is 5.91. The number of carbonyl (C=O) groups excluding carboxylic acids is 10. The van der Waals surface area contributed by atoms with Gasteiger partial charge in [-0.25, -0.2) is 24.0 Å². The SMILES string of the molecule is C=C(CC(=O)OC)C(=O)OC.C=C(CC(=O)OC)C(=O)OC(C)(C)C.C=C(CC(=O)OC)C(=O)OC(C)C.C=C(CC(=O)OC)C(=O)OCC.C=CCOC(=O)C(=C)CC(=O)OC. The summed E-state index contributed by atoms with van der Waals surface area (Å²) in [5, 5.41) is 0. The molecule has 0 unspecified atom stereocenters. The zero-order valence-corrected chi connectivity index (χ0v) is 38.5. The summed E-state index contributed by atoms with van der Waals surface area (Å²) in [4.78, 5) is 108. The predicted octanol–water partition coefficient (Wildman–Crippen LogP) is 4.29. The maximum absolute atomic E-state index is 11.3. The van der Waals surface area contributed by atoms with E-state index < -0.39 is 65.3 Å². The Morgan fingerprint density at radius 2 is 0.746 bits per heavy atom. The fourth-order valence-electron chi connectivity index (χ4n) is 2.85. The fraction of sp³-hybridized carbons (Fsp3) is 0.488. The summed E-state index contributed by atoms with van der Waals surface area (Å²) in [7, 11) is 7.47. The minimum absolute atomic E-state index is 0.0775. The Kier molecular flexibility index (Phi) is 39.5. The van der Waals surface area contributed by atoms with Crippen LogP contribution in [0.3, 0.4) is 0 Å². The van der Waals surface area contributed by atoms with Crippen molar-refractivity contribution in [2.24, 2.45) is 0 Å². The third kappa shape index (κ3) is 41.7. The van der Waals surface area contributed by atoms with E-state index in [2.05, 4.69) is 77.4 Å². The maximum atomic E-state index is 11.3. The molecule has 0 aliphatic rings. The van der Waals surface area contributed by atoms with E-state index >= 15 is 0 Å². The van der Waals surface area contributed by atoms with Gasteiger partial charge in [0, 0.05) is 27.9 Å². The van der Waals surface area contributed by atoms with Crippen molar-refractivity contribution in [1.82, 2.24) is 0 Å². The van der Waals surface area contributed by atoms with Crippen LogP contribution in [0, 0.1) is 0 Å². The molecule has 0 aliphatic heterocycles. The Bertz CT molecular complexity index is 1620. The molecule has 0 amide bonds. The molecule has 20 heteroatoms. The first-order valence-electron chi connectivity index (χ1n) is 18.3. The molecule has 0 fully saturated rings. The van der Waals surface area contributed by atoms with E-state index in [1.54, 1.807) is 41.5 Å². The lowest BCUT2D eigenvalue weighted by Gasteiger charge is -2.19. The first kappa shape index (κ1) is 65.3. The summed E-state index contributed by atoms with van der Waals surface area (Å²) in [6.07, 6.45) is 0.587. The third-order valence-electron chi connectivity index (χ3n) is 5.91. The van der Waals surface area contributed by atoms with E-state index in [1.807, 2.05) is 0 Å². The van der Waals surface area contributed by atoms with Crippen LogP contribution in [0.1, 0.15) is 73.6 Å². The lowest BCUT2D eigenvalue weighted by Crippen LogP contribution is -2.25. The molecular formula is C43H64O20. The Morgan fingerprint density at radius 1 is 0.460 bits per heavy atom. The highest BCUT2D eigenvalue weighted by Crippen LogP contribution is 2.12. The molecule has 0 aliphatic carbocycles. The van der Waals surface area contributed by atoms with E-state index in [9.17, 15) is 47.9 Å². The highest BCUT2D eigenvalue weighted by Gasteiger charge is 2.20. The van der Waals surface area contributed by atoms with Crippen molar-refractivity contribution in [1.29, 1.82) is 0 Å². The van der Waals surface area contributed by atoms with E-state index in [4.69, 9.17) is 9.47 Å². The molecular weight excluding hydrogens is 836 g/mol. The van der Waals surface area contributed by atoms with Crippen molar-refractivity contribution >= 4 is 59.7 Å². The summed E-state index contributed by atoms with van der Waals surface area (Å²) in [6, 6.07) is 0. The fourth-order valence-corrected chi connectivity index (χ4v) is 2.85. The molecule has 356 valence electrons. The van der Waals surface area contributed by atoms with Gasteiger partial charge in [0.1, 0.15) is 12.2 Å². The zero-order chi connectivity index (χ0) is 50.5. The van der Waals surface area contributed by atoms with Gasteiger partial charge in [-0.1, -0.05) is 45.5 Å². The van der Waals surface area contributed by atoms with Gasteiger partial charge in [0.05, 0.1) is 87.5 Å². The second-order valence-electron chi connectivity index (χ2n) is 12.8. The van der Waals surface area contributed by atoms with Crippen LogP contribution in [-0.4, -0.2) is 127 Å². The topological polar surface area (TPSA) is 263 Å². The highest BCUT2D eigenvalue weighted by molar-refractivity contribution is 5.95. The van der Waals surface area contributed by atoms with Crippen molar-refractivity contribution in [3.05, 3.63) is 73.4 Å². The van der Waals surface area contributed by atoms with E-state index in [0.29, 0.717) is 0 Å². The van der Waals surface area contributed by atoms with Crippen LogP contribution in [0.2, 0.25) is 0 Å². The van der Waals surface area contributed by atoms with Gasteiger partial charge >= 0.3 is 59.7 Å². The van der Waals surface area contributed by atoms with Gasteiger partial charge in [-0.2, -0.15) is 0 Å². The first-order valence-corrected chi connectivity index (χ1v) is 18.3. The van der Waals surface area contributed by atoms with Gasteiger partial charge in [-0.15, -0.1) is 0 Å². The Balaban J connectivity index is -0.000000223. The lowest BCUT2D eigenvalue weighted by molar-refractivity contribution is -0.152. The summed E-state index contributed by atoms with van der Waals surface area (Å²) < 4.78 is 45.1. The van der Waals surface area contributed by atoms with Crippen LogP contribution < -0.4 is 0 Å². The second kappa shape index (κ2) is 38.1. The Labute approximate surface area is 369 Å². The van der Waals surface area contributed by atoms with Crippen LogP contribution in [0.4, 0.5) is 0 Å². The number of esters is 10. The van der Waals surface area contributed by atoms with Crippen LogP contribution in [0.5, 0.6) is 0 Å². The van der Waals surface area contributed by atoms with Gasteiger partial charge in [-0.05, 0) is 41.5 Å². The number of rotatable bonds is 19. The molecule has 20 nitrogen and oxygen atoms in total. The number of carbonyl (C=O) groups is 10. The molecule has 0 aromatic carbocycles. The molecule has 0 radical (unpaired) electrons. The Morgan fingerprint density at radius 3 is 1.00 bits per heavy atom. The molecule has 0 bridgehead atoms. The second-order valence-corrected chi connectivity index (χ2v) is 12.8. The van der Waals surface area contributed by atoms with Crippen molar-refractivity contribution < 1.29 is 95.3 Å². The van der Waals surface area contributed by atoms with Crippen LogP contribution in [0.25, 0.3) is 0 Å². The molecule has 0 saturated heterocycles. The standard InChI is InChI=1S/C10H16O4.C9H14O4.C9H12O4.C8H12O4.C7H10O4/c1-7(6-8(11)13-5)9(12)14-10(2,3)4;1-6(2)13-9(11)7(3)5-8(10)12-4;1-4-5-13-9(11)7(2)6-8(10)12-3;1-4-12-8(10)6(2)5-7(9)11-3;1-5(7(9)11-3)4-6(8)10-2/h1,6H2,2-5H3;6H,3,5H2,1-2,4H3;4H,1-2,5-6H2,3H3;2,4-5H2,1,3H3;1,4H2,2-3H3. The van der Waals surface area contributed by atoms with Crippen molar-refractivity contribution in [3.8, 4) is 0 Å². The summed E-state index contributed by atoms with van der Waals surface area (Å²) in [5.74, 6) is -5.37. The molecule has 0 spiro atoms. The largest absolute Gasteiger partial charge is 0.469 e. The van der Waals surface area contributed by atoms with Crippen molar-refractivity contribution in [3.63, 3.8) is 0 Å². The van der Waals surface area contributed by atoms with Crippen molar-refractivity contribution in [2.45, 2.75) is 85.4 Å². The predicted molar refractivity (Wildman–Crippen MR) is 226 cm³/mol. The normalized spacial score (nSPS) is 9.29. The quantitative estimate of drug-likeness (QED) is 0.0757. The average molecular weight is 901 g/mol.